The molecular weight excluding hydrogens is 647 g/mol. The zero-order chi connectivity index (χ0) is 35.1. The van der Waals surface area contributed by atoms with Crippen molar-refractivity contribution in [2.75, 3.05) is 0 Å². The van der Waals surface area contributed by atoms with E-state index in [1.807, 2.05) is 54.6 Å². The third-order valence-electron chi connectivity index (χ3n) is 9.96. The summed E-state index contributed by atoms with van der Waals surface area (Å²) in [5, 5.41) is 4.11. The van der Waals surface area contributed by atoms with Crippen molar-refractivity contribution in [1.29, 1.82) is 0 Å². The molecule has 0 unspecified atom stereocenters. The highest BCUT2D eigenvalue weighted by Gasteiger charge is 2.19. The summed E-state index contributed by atoms with van der Waals surface area (Å²) in [5.74, 6) is 1.85. The van der Waals surface area contributed by atoms with E-state index in [4.69, 9.17) is 19.4 Å². The Morgan fingerprint density at radius 3 is 1.30 bits per heavy atom. The molecule has 0 aliphatic rings. The second kappa shape index (κ2) is 12.9. The predicted octanol–water partition coefficient (Wildman–Crippen LogP) is 12.9. The normalized spacial score (nSPS) is 11.4. The zero-order valence-corrected chi connectivity index (χ0v) is 28.6. The van der Waals surface area contributed by atoms with Gasteiger partial charge in [-0.05, 0) is 57.0 Å². The number of benzene rings is 8. The largest absolute Gasteiger partial charge is 0.455 e. The zero-order valence-electron chi connectivity index (χ0n) is 28.6. The molecule has 0 bridgehead atoms. The molecule has 0 atom stereocenters. The molecule has 0 fully saturated rings. The lowest BCUT2D eigenvalue weighted by Gasteiger charge is -2.12. The van der Waals surface area contributed by atoms with E-state index < -0.39 is 0 Å². The minimum Gasteiger partial charge on any atom is -0.455 e. The van der Waals surface area contributed by atoms with Gasteiger partial charge in [-0.1, -0.05) is 170 Å². The Hall–Kier alpha value is -7.17. The highest BCUT2D eigenvalue weighted by molar-refractivity contribution is 6.19. The quantitative estimate of drug-likeness (QED) is 0.176. The van der Waals surface area contributed by atoms with Crippen molar-refractivity contribution in [2.24, 2.45) is 0 Å². The first-order valence-electron chi connectivity index (χ1n) is 17.8. The second-order valence-corrected chi connectivity index (χ2v) is 13.2. The number of fused-ring (bicyclic) bond motifs is 5. The minimum absolute atomic E-state index is 0.610. The van der Waals surface area contributed by atoms with Crippen LogP contribution in [0.1, 0.15) is 0 Å². The Bertz CT molecular complexity index is 2900. The summed E-state index contributed by atoms with van der Waals surface area (Å²) in [4.78, 5) is 15.4. The third-order valence-corrected chi connectivity index (χ3v) is 9.96. The van der Waals surface area contributed by atoms with Crippen LogP contribution in [0, 0.1) is 0 Å². The fourth-order valence-electron chi connectivity index (χ4n) is 7.23. The average molecular weight is 678 g/mol. The van der Waals surface area contributed by atoms with Crippen LogP contribution in [0.5, 0.6) is 0 Å². The molecule has 8 aromatic carbocycles. The van der Waals surface area contributed by atoms with Gasteiger partial charge in [0.1, 0.15) is 11.2 Å². The van der Waals surface area contributed by atoms with Crippen LogP contribution in [0.15, 0.2) is 192 Å². The Morgan fingerprint density at radius 1 is 0.283 bits per heavy atom. The first-order chi connectivity index (χ1) is 26.2. The number of hydrogen-bond donors (Lipinski definition) is 0. The predicted molar refractivity (Wildman–Crippen MR) is 217 cm³/mol. The van der Waals surface area contributed by atoms with Gasteiger partial charge in [-0.2, -0.15) is 0 Å². The highest BCUT2D eigenvalue weighted by Crippen LogP contribution is 2.41. The fourth-order valence-corrected chi connectivity index (χ4v) is 7.23. The maximum absolute atomic E-state index is 6.56. The average Bonchev–Trinajstić information content (AvgIpc) is 3.63. The molecular formula is C49H31N3O. The molecule has 248 valence electrons. The lowest BCUT2D eigenvalue weighted by molar-refractivity contribution is 0.672. The van der Waals surface area contributed by atoms with Gasteiger partial charge in [0.2, 0.25) is 0 Å². The van der Waals surface area contributed by atoms with Crippen molar-refractivity contribution in [2.45, 2.75) is 0 Å². The molecule has 10 aromatic rings. The maximum atomic E-state index is 6.56. The Morgan fingerprint density at radius 2 is 0.698 bits per heavy atom. The Balaban J connectivity index is 1.13. The van der Waals surface area contributed by atoms with Crippen LogP contribution < -0.4 is 0 Å². The smallest absolute Gasteiger partial charge is 0.164 e. The van der Waals surface area contributed by atoms with Gasteiger partial charge < -0.3 is 4.42 Å². The monoisotopic (exact) mass is 677 g/mol. The lowest BCUT2D eigenvalue weighted by atomic mass is 9.95. The van der Waals surface area contributed by atoms with E-state index in [0.29, 0.717) is 17.5 Å². The highest BCUT2D eigenvalue weighted by atomic mass is 16.3. The van der Waals surface area contributed by atoms with E-state index in [1.54, 1.807) is 0 Å². The molecule has 0 radical (unpaired) electrons. The van der Waals surface area contributed by atoms with E-state index in [0.717, 1.165) is 71.7 Å². The van der Waals surface area contributed by atoms with E-state index in [9.17, 15) is 0 Å². The van der Waals surface area contributed by atoms with Crippen molar-refractivity contribution in [1.82, 2.24) is 15.0 Å². The molecule has 4 heteroatoms. The molecule has 0 saturated heterocycles. The molecule has 0 saturated carbocycles. The summed E-state index contributed by atoms with van der Waals surface area (Å²) in [6.07, 6.45) is 0. The van der Waals surface area contributed by atoms with Crippen LogP contribution in [0.2, 0.25) is 0 Å². The summed E-state index contributed by atoms with van der Waals surface area (Å²) >= 11 is 0. The number of aromatic nitrogens is 3. The van der Waals surface area contributed by atoms with Gasteiger partial charge in [-0.25, -0.2) is 15.0 Å². The van der Waals surface area contributed by atoms with Gasteiger partial charge in [0.25, 0.3) is 0 Å². The van der Waals surface area contributed by atoms with E-state index >= 15 is 0 Å². The van der Waals surface area contributed by atoms with Crippen LogP contribution in [-0.2, 0) is 0 Å². The van der Waals surface area contributed by atoms with E-state index in [2.05, 4.69) is 133 Å². The summed E-state index contributed by atoms with van der Waals surface area (Å²) in [6.45, 7) is 0. The topological polar surface area (TPSA) is 51.8 Å². The Labute approximate surface area is 306 Å². The maximum Gasteiger partial charge on any atom is 0.164 e. The SMILES string of the molecule is c1ccc(-c2ccc(-c3ccc(-c4nc(-c5ccccc5)nc(-c5cc6c7ccccc7oc6c6cc(-c7ccccc7)ccc56)n4)cc3)cc2)cc1. The molecule has 2 heterocycles. The molecule has 10 rings (SSSR count). The van der Waals surface area contributed by atoms with Crippen LogP contribution in [-0.4, -0.2) is 15.0 Å². The number of hydrogen-bond acceptors (Lipinski definition) is 4. The molecule has 0 amide bonds. The molecule has 0 aliphatic carbocycles. The standard InChI is InChI=1S/C49H31N3O/c1-4-12-32(13-5-1)34-20-22-35(23-21-34)36-24-26-38(27-25-36)48-50-47(37-16-8-3-9-17-37)51-49(52-48)44-31-43-41-18-10-11-19-45(41)53-46(43)42-30-39(28-29-40(42)44)33-14-6-2-7-15-33/h1-31H. The first-order valence-corrected chi connectivity index (χ1v) is 17.8. The first kappa shape index (κ1) is 30.6. The van der Waals surface area contributed by atoms with E-state index in [-0.39, 0.29) is 0 Å². The molecule has 0 N–H and O–H groups in total. The van der Waals surface area contributed by atoms with Crippen molar-refractivity contribution in [3.8, 4) is 67.5 Å². The summed E-state index contributed by atoms with van der Waals surface area (Å²) in [5.41, 5.74) is 11.4. The van der Waals surface area contributed by atoms with Crippen molar-refractivity contribution in [3.05, 3.63) is 188 Å². The van der Waals surface area contributed by atoms with Crippen LogP contribution in [0.25, 0.3) is 100 Å². The van der Waals surface area contributed by atoms with Gasteiger partial charge in [0, 0.05) is 32.8 Å². The second-order valence-electron chi connectivity index (χ2n) is 13.2. The lowest BCUT2D eigenvalue weighted by Crippen LogP contribution is -2.00. The number of nitrogens with zero attached hydrogens (tertiary/aromatic N) is 3. The summed E-state index contributed by atoms with van der Waals surface area (Å²) in [6, 6.07) is 65.2. The van der Waals surface area contributed by atoms with E-state index in [1.165, 1.54) is 11.1 Å². The molecule has 2 aromatic heterocycles. The summed E-state index contributed by atoms with van der Waals surface area (Å²) in [7, 11) is 0. The van der Waals surface area contributed by atoms with Gasteiger partial charge in [0.05, 0.1) is 0 Å². The van der Waals surface area contributed by atoms with Crippen LogP contribution >= 0.6 is 0 Å². The van der Waals surface area contributed by atoms with Crippen LogP contribution in [0.3, 0.4) is 0 Å². The van der Waals surface area contributed by atoms with Crippen molar-refractivity contribution >= 4 is 32.7 Å². The number of furan rings is 1. The van der Waals surface area contributed by atoms with Gasteiger partial charge in [-0.15, -0.1) is 0 Å². The van der Waals surface area contributed by atoms with Crippen molar-refractivity contribution < 1.29 is 4.42 Å². The minimum atomic E-state index is 0.610. The molecule has 0 aliphatic heterocycles. The van der Waals surface area contributed by atoms with Crippen molar-refractivity contribution in [3.63, 3.8) is 0 Å². The molecule has 0 spiro atoms. The fraction of sp³-hybridized carbons (Fsp3) is 0. The van der Waals surface area contributed by atoms with Gasteiger partial charge >= 0.3 is 0 Å². The number of rotatable bonds is 6. The third kappa shape index (κ3) is 5.63. The molecule has 53 heavy (non-hydrogen) atoms. The summed E-state index contributed by atoms with van der Waals surface area (Å²) < 4.78 is 6.56. The van der Waals surface area contributed by atoms with Crippen LogP contribution in [0.4, 0.5) is 0 Å². The number of para-hydroxylation sites is 1. The Kier molecular flexibility index (Phi) is 7.43. The molecule has 4 nitrogen and oxygen atoms in total. The van der Waals surface area contributed by atoms with Gasteiger partial charge in [0.15, 0.2) is 17.5 Å². The van der Waals surface area contributed by atoms with Gasteiger partial charge in [-0.3, -0.25) is 0 Å².